The maximum Gasteiger partial charge on any atom is 0.319 e. The summed E-state index contributed by atoms with van der Waals surface area (Å²) in [7, 11) is 0. The molecule has 18 heavy (non-hydrogen) atoms. The first kappa shape index (κ1) is 12.8. The zero-order valence-electron chi connectivity index (χ0n) is 9.75. The first-order valence-electron chi connectivity index (χ1n) is 5.80. The lowest BCUT2D eigenvalue weighted by molar-refractivity contribution is 0.234. The summed E-state index contributed by atoms with van der Waals surface area (Å²) in [6, 6.07) is 2.73. The molecule has 1 aromatic rings. The Morgan fingerprint density at radius 3 is 2.72 bits per heavy atom. The third-order valence-electron chi connectivity index (χ3n) is 3.00. The van der Waals surface area contributed by atoms with Crippen LogP contribution in [0.1, 0.15) is 12.8 Å². The van der Waals surface area contributed by atoms with Gasteiger partial charge in [0.1, 0.15) is 11.6 Å². The molecule has 0 atom stereocenters. The molecule has 98 valence electrons. The molecule has 0 heterocycles. The van der Waals surface area contributed by atoms with Crippen molar-refractivity contribution < 1.29 is 13.6 Å². The minimum Gasteiger partial charge on any atom is -0.338 e. The molecule has 0 aromatic heterocycles. The van der Waals surface area contributed by atoms with Crippen molar-refractivity contribution in [1.29, 1.82) is 0 Å². The number of carbonyl (C=O) groups excluding carboxylic acids is 1. The van der Waals surface area contributed by atoms with E-state index in [9.17, 15) is 13.6 Å². The van der Waals surface area contributed by atoms with Gasteiger partial charge in [0.05, 0.1) is 5.69 Å². The molecule has 0 spiro atoms. The van der Waals surface area contributed by atoms with Gasteiger partial charge in [0.25, 0.3) is 0 Å². The number of carbonyl (C=O) groups is 1. The number of nitrogens with one attached hydrogen (secondary N) is 2. The van der Waals surface area contributed by atoms with E-state index in [1.165, 1.54) is 6.07 Å². The minimum atomic E-state index is -0.796. The fraction of sp³-hybridized carbons (Fsp3) is 0.417. The molecule has 0 bridgehead atoms. The molecule has 1 aliphatic carbocycles. The molecule has 0 aliphatic heterocycles. The Morgan fingerprint density at radius 1 is 1.39 bits per heavy atom. The number of amides is 2. The van der Waals surface area contributed by atoms with E-state index >= 15 is 0 Å². The smallest absolute Gasteiger partial charge is 0.319 e. The predicted molar refractivity (Wildman–Crippen MR) is 64.1 cm³/mol. The van der Waals surface area contributed by atoms with Crippen molar-refractivity contribution in [1.82, 2.24) is 5.32 Å². The summed E-state index contributed by atoms with van der Waals surface area (Å²) in [5.74, 6) is -1.08. The Labute approximate surface area is 104 Å². The number of halogens is 2. The molecule has 2 amide bonds. The molecule has 1 saturated carbocycles. The average molecular weight is 255 g/mol. The summed E-state index contributed by atoms with van der Waals surface area (Å²) >= 11 is 0. The standard InChI is InChI=1S/C12H15F2N3O/c13-8-1-2-11(10(14)5-8)17-12(18)16-6-7-3-9(15)4-7/h1-2,5,7,9H,3-4,6,15H2,(H2,16,17,18). The van der Waals surface area contributed by atoms with Gasteiger partial charge >= 0.3 is 6.03 Å². The summed E-state index contributed by atoms with van der Waals surface area (Å²) < 4.78 is 25.9. The van der Waals surface area contributed by atoms with Crippen molar-refractivity contribution in [2.45, 2.75) is 18.9 Å². The van der Waals surface area contributed by atoms with Crippen LogP contribution in [0.15, 0.2) is 18.2 Å². The molecular formula is C12H15F2N3O. The molecule has 1 fully saturated rings. The van der Waals surface area contributed by atoms with Crippen molar-refractivity contribution in [2.75, 3.05) is 11.9 Å². The van der Waals surface area contributed by atoms with E-state index in [0.717, 1.165) is 25.0 Å². The summed E-state index contributed by atoms with van der Waals surface area (Å²) in [5, 5.41) is 4.96. The number of nitrogens with two attached hydrogens (primary N) is 1. The molecule has 1 aromatic carbocycles. The molecule has 4 nitrogen and oxygen atoms in total. The lowest BCUT2D eigenvalue weighted by Gasteiger charge is -2.32. The number of benzene rings is 1. The van der Waals surface area contributed by atoms with Crippen molar-refractivity contribution in [2.24, 2.45) is 11.7 Å². The van der Waals surface area contributed by atoms with Crippen molar-refractivity contribution in [3.8, 4) is 0 Å². The molecular weight excluding hydrogens is 240 g/mol. The third kappa shape index (κ3) is 3.16. The topological polar surface area (TPSA) is 67.1 Å². The zero-order chi connectivity index (χ0) is 13.1. The molecule has 0 saturated heterocycles. The van der Waals surface area contributed by atoms with Gasteiger partial charge in [0, 0.05) is 18.7 Å². The number of anilines is 1. The Balaban J connectivity index is 1.80. The first-order chi connectivity index (χ1) is 8.54. The molecule has 1 aliphatic rings. The molecule has 6 heteroatoms. The van der Waals surface area contributed by atoms with E-state index in [1.807, 2.05) is 0 Å². The summed E-state index contributed by atoms with van der Waals surface area (Å²) in [4.78, 5) is 11.5. The highest BCUT2D eigenvalue weighted by Gasteiger charge is 2.25. The van der Waals surface area contributed by atoms with E-state index in [2.05, 4.69) is 10.6 Å². The van der Waals surface area contributed by atoms with Crippen LogP contribution < -0.4 is 16.4 Å². The maximum absolute atomic E-state index is 13.2. The van der Waals surface area contributed by atoms with Gasteiger partial charge in [0.15, 0.2) is 0 Å². The second-order valence-electron chi connectivity index (χ2n) is 4.56. The van der Waals surface area contributed by atoms with Crippen LogP contribution in [0.4, 0.5) is 19.3 Å². The van der Waals surface area contributed by atoms with Crippen molar-refractivity contribution in [3.05, 3.63) is 29.8 Å². The normalized spacial score (nSPS) is 22.2. The molecule has 4 N–H and O–H groups in total. The van der Waals surface area contributed by atoms with Crippen LogP contribution in [-0.2, 0) is 0 Å². The quantitative estimate of drug-likeness (QED) is 0.771. The lowest BCUT2D eigenvalue weighted by Crippen LogP contribution is -2.43. The first-order valence-corrected chi connectivity index (χ1v) is 5.80. The van der Waals surface area contributed by atoms with E-state index in [4.69, 9.17) is 5.73 Å². The Hall–Kier alpha value is -1.69. The fourth-order valence-corrected chi connectivity index (χ4v) is 1.95. The predicted octanol–water partition coefficient (Wildman–Crippen LogP) is 1.82. The van der Waals surface area contributed by atoms with E-state index in [0.29, 0.717) is 12.5 Å². The van der Waals surface area contributed by atoms with Crippen LogP contribution >= 0.6 is 0 Å². The SMILES string of the molecule is NC1CC(CNC(=O)Nc2ccc(F)cc2F)C1. The van der Waals surface area contributed by atoms with Gasteiger partial charge < -0.3 is 16.4 Å². The Morgan fingerprint density at radius 2 is 2.11 bits per heavy atom. The highest BCUT2D eigenvalue weighted by atomic mass is 19.1. The van der Waals surface area contributed by atoms with E-state index in [-0.39, 0.29) is 11.7 Å². The second-order valence-corrected chi connectivity index (χ2v) is 4.56. The number of urea groups is 1. The molecule has 2 rings (SSSR count). The zero-order valence-corrected chi connectivity index (χ0v) is 9.75. The fourth-order valence-electron chi connectivity index (χ4n) is 1.95. The van der Waals surface area contributed by atoms with E-state index in [1.54, 1.807) is 0 Å². The van der Waals surface area contributed by atoms with Crippen molar-refractivity contribution in [3.63, 3.8) is 0 Å². The van der Waals surface area contributed by atoms with Gasteiger partial charge in [-0.25, -0.2) is 13.6 Å². The number of hydrogen-bond donors (Lipinski definition) is 3. The Kier molecular flexibility index (Phi) is 3.76. The van der Waals surface area contributed by atoms with Gasteiger partial charge in [-0.15, -0.1) is 0 Å². The van der Waals surface area contributed by atoms with Crippen LogP contribution in [0.5, 0.6) is 0 Å². The molecule has 0 unspecified atom stereocenters. The maximum atomic E-state index is 13.2. The van der Waals surface area contributed by atoms with Gasteiger partial charge in [-0.2, -0.15) is 0 Å². The van der Waals surface area contributed by atoms with Crippen LogP contribution in [0, 0.1) is 17.6 Å². The average Bonchev–Trinajstić information content (AvgIpc) is 2.27. The van der Waals surface area contributed by atoms with Crippen LogP contribution in [0.2, 0.25) is 0 Å². The minimum absolute atomic E-state index is 0.0424. The van der Waals surface area contributed by atoms with Crippen molar-refractivity contribution >= 4 is 11.7 Å². The van der Waals surface area contributed by atoms with Crippen LogP contribution in [0.3, 0.4) is 0 Å². The number of hydrogen-bond acceptors (Lipinski definition) is 2. The monoisotopic (exact) mass is 255 g/mol. The lowest BCUT2D eigenvalue weighted by atomic mass is 9.81. The van der Waals surface area contributed by atoms with Gasteiger partial charge in [-0.05, 0) is 30.9 Å². The van der Waals surface area contributed by atoms with Gasteiger partial charge in [-0.1, -0.05) is 0 Å². The highest BCUT2D eigenvalue weighted by molar-refractivity contribution is 5.89. The largest absolute Gasteiger partial charge is 0.338 e. The number of rotatable bonds is 3. The summed E-state index contributed by atoms with van der Waals surface area (Å²) in [6.45, 7) is 0.516. The molecule has 0 radical (unpaired) electrons. The van der Waals surface area contributed by atoms with Crippen LogP contribution in [-0.4, -0.2) is 18.6 Å². The Bertz CT molecular complexity index is 447. The summed E-state index contributed by atoms with van der Waals surface area (Å²) in [5.41, 5.74) is 5.58. The highest BCUT2D eigenvalue weighted by Crippen LogP contribution is 2.24. The summed E-state index contributed by atoms with van der Waals surface area (Å²) in [6.07, 6.45) is 1.79. The second kappa shape index (κ2) is 5.30. The van der Waals surface area contributed by atoms with Gasteiger partial charge in [-0.3, -0.25) is 0 Å². The van der Waals surface area contributed by atoms with Crippen LogP contribution in [0.25, 0.3) is 0 Å². The van der Waals surface area contributed by atoms with Gasteiger partial charge in [0.2, 0.25) is 0 Å². The third-order valence-corrected chi connectivity index (χ3v) is 3.00. The van der Waals surface area contributed by atoms with E-state index < -0.39 is 17.7 Å².